The van der Waals surface area contributed by atoms with E-state index in [1.165, 1.54) is 25.3 Å². The molecule has 23 heavy (non-hydrogen) atoms. The minimum absolute atomic E-state index is 0.116. The van der Waals surface area contributed by atoms with Gasteiger partial charge in [0.1, 0.15) is 5.69 Å². The third kappa shape index (κ3) is 3.17. The van der Waals surface area contributed by atoms with E-state index in [0.29, 0.717) is 5.56 Å². The second kappa shape index (κ2) is 6.51. The Labute approximate surface area is 126 Å². The van der Waals surface area contributed by atoms with Crippen molar-refractivity contribution in [1.29, 1.82) is 0 Å². The zero-order valence-corrected chi connectivity index (χ0v) is 11.5. The molecule has 0 aromatic heterocycles. The third-order valence-electron chi connectivity index (χ3n) is 2.80. The predicted octanol–water partition coefficient (Wildman–Crippen LogP) is 3.54. The zero-order valence-electron chi connectivity index (χ0n) is 11.5. The van der Waals surface area contributed by atoms with Crippen LogP contribution >= 0.6 is 0 Å². The largest absolute Gasteiger partial charge is 0.504 e. The molecule has 0 unspecified atom stereocenters. The lowest BCUT2D eigenvalue weighted by atomic mass is 10.2. The number of halogens is 5. The summed E-state index contributed by atoms with van der Waals surface area (Å²) in [6, 6.07) is 4.01. The monoisotopic (exact) mass is 332 g/mol. The van der Waals surface area contributed by atoms with Crippen LogP contribution < -0.4 is 10.2 Å². The number of hydrogen-bond acceptors (Lipinski definition) is 4. The van der Waals surface area contributed by atoms with Gasteiger partial charge in [0, 0.05) is 0 Å². The topological polar surface area (TPSA) is 53.8 Å². The maximum atomic E-state index is 13.4. The number of ether oxygens (including phenoxy) is 1. The Morgan fingerprint density at radius 1 is 1.00 bits per heavy atom. The van der Waals surface area contributed by atoms with E-state index in [1.807, 2.05) is 0 Å². The normalized spacial score (nSPS) is 11.0. The molecule has 122 valence electrons. The third-order valence-corrected chi connectivity index (χ3v) is 2.80. The Morgan fingerprint density at radius 2 is 1.57 bits per heavy atom. The number of methoxy groups -OCH3 is 1. The van der Waals surface area contributed by atoms with Gasteiger partial charge in [-0.15, -0.1) is 0 Å². The molecule has 0 spiro atoms. The molecule has 0 aliphatic heterocycles. The molecule has 0 heterocycles. The van der Waals surface area contributed by atoms with E-state index in [4.69, 9.17) is 4.74 Å². The summed E-state index contributed by atoms with van der Waals surface area (Å²) in [4.78, 5) is 0. The molecule has 0 saturated carbocycles. The molecule has 0 fully saturated rings. The van der Waals surface area contributed by atoms with Gasteiger partial charge in [-0.05, 0) is 23.8 Å². The number of benzene rings is 2. The number of phenols is 1. The summed E-state index contributed by atoms with van der Waals surface area (Å²) >= 11 is 0. The summed E-state index contributed by atoms with van der Waals surface area (Å²) < 4.78 is 70.5. The molecule has 0 atom stereocenters. The van der Waals surface area contributed by atoms with E-state index in [2.05, 4.69) is 5.10 Å². The lowest BCUT2D eigenvalue weighted by Gasteiger charge is -2.07. The van der Waals surface area contributed by atoms with Crippen molar-refractivity contribution in [3.63, 3.8) is 0 Å². The van der Waals surface area contributed by atoms with Crippen molar-refractivity contribution in [3.05, 3.63) is 52.8 Å². The first-order valence-electron chi connectivity index (χ1n) is 6.04. The molecule has 2 aromatic rings. The fraction of sp³-hybridized carbons (Fsp3) is 0.0714. The molecule has 2 aromatic carbocycles. The molecule has 2 N–H and O–H groups in total. The first kappa shape index (κ1) is 16.5. The van der Waals surface area contributed by atoms with Crippen molar-refractivity contribution in [2.45, 2.75) is 0 Å². The van der Waals surface area contributed by atoms with Crippen LogP contribution in [0.5, 0.6) is 11.5 Å². The fourth-order valence-electron chi connectivity index (χ4n) is 1.65. The highest BCUT2D eigenvalue weighted by Gasteiger charge is 2.25. The number of hydrogen-bond donors (Lipinski definition) is 2. The van der Waals surface area contributed by atoms with Crippen LogP contribution in [0.2, 0.25) is 0 Å². The minimum Gasteiger partial charge on any atom is -0.504 e. The van der Waals surface area contributed by atoms with E-state index in [1.54, 1.807) is 5.43 Å². The van der Waals surface area contributed by atoms with E-state index in [9.17, 15) is 27.1 Å². The molecular weight excluding hydrogens is 323 g/mol. The van der Waals surface area contributed by atoms with Crippen molar-refractivity contribution >= 4 is 11.9 Å². The van der Waals surface area contributed by atoms with Gasteiger partial charge in [0.05, 0.1) is 13.3 Å². The van der Waals surface area contributed by atoms with Gasteiger partial charge in [0.2, 0.25) is 5.82 Å². The number of aromatic hydroxyl groups is 1. The van der Waals surface area contributed by atoms with Crippen LogP contribution in [0.4, 0.5) is 27.6 Å². The summed E-state index contributed by atoms with van der Waals surface area (Å²) in [5.74, 6) is -10.5. The van der Waals surface area contributed by atoms with E-state index in [-0.39, 0.29) is 11.5 Å². The maximum absolute atomic E-state index is 13.4. The summed E-state index contributed by atoms with van der Waals surface area (Å²) in [7, 11) is 1.31. The van der Waals surface area contributed by atoms with E-state index in [0.717, 1.165) is 6.21 Å². The molecule has 2 rings (SSSR count). The van der Waals surface area contributed by atoms with Crippen molar-refractivity contribution in [2.24, 2.45) is 5.10 Å². The molecule has 0 radical (unpaired) electrons. The Balaban J connectivity index is 2.28. The van der Waals surface area contributed by atoms with Crippen molar-refractivity contribution in [2.75, 3.05) is 12.5 Å². The number of rotatable bonds is 4. The number of anilines is 1. The number of hydrazone groups is 1. The Bertz CT molecular complexity index is 751. The van der Waals surface area contributed by atoms with E-state index < -0.39 is 34.8 Å². The highest BCUT2D eigenvalue weighted by Crippen LogP contribution is 2.27. The van der Waals surface area contributed by atoms with Gasteiger partial charge in [-0.2, -0.15) is 5.10 Å². The van der Waals surface area contributed by atoms with Crippen LogP contribution in [0.25, 0.3) is 0 Å². The quantitative estimate of drug-likeness (QED) is 0.296. The van der Waals surface area contributed by atoms with Gasteiger partial charge in [-0.1, -0.05) is 0 Å². The Kier molecular flexibility index (Phi) is 4.68. The van der Waals surface area contributed by atoms with Gasteiger partial charge >= 0.3 is 0 Å². The first-order valence-corrected chi connectivity index (χ1v) is 6.04. The maximum Gasteiger partial charge on any atom is 0.200 e. The van der Waals surface area contributed by atoms with Gasteiger partial charge in [-0.3, -0.25) is 5.43 Å². The van der Waals surface area contributed by atoms with Crippen LogP contribution in [0, 0.1) is 29.1 Å². The Morgan fingerprint density at radius 3 is 2.13 bits per heavy atom. The van der Waals surface area contributed by atoms with Gasteiger partial charge in [0.15, 0.2) is 34.8 Å². The van der Waals surface area contributed by atoms with Gasteiger partial charge in [0.25, 0.3) is 0 Å². The van der Waals surface area contributed by atoms with Crippen LogP contribution in [-0.2, 0) is 0 Å². The predicted molar refractivity (Wildman–Crippen MR) is 72.1 cm³/mol. The summed E-state index contributed by atoms with van der Waals surface area (Å²) in [5, 5.41) is 12.8. The first-order chi connectivity index (χ1) is 10.9. The molecule has 0 saturated heterocycles. The van der Waals surface area contributed by atoms with Crippen molar-refractivity contribution in [3.8, 4) is 11.5 Å². The summed E-state index contributed by atoms with van der Waals surface area (Å²) in [5.41, 5.74) is 0.829. The lowest BCUT2D eigenvalue weighted by molar-refractivity contribution is 0.373. The fourth-order valence-corrected chi connectivity index (χ4v) is 1.65. The highest BCUT2D eigenvalue weighted by molar-refractivity contribution is 5.81. The smallest absolute Gasteiger partial charge is 0.200 e. The summed E-state index contributed by atoms with van der Waals surface area (Å²) in [6.07, 6.45) is 1.04. The van der Waals surface area contributed by atoms with Crippen molar-refractivity contribution < 1.29 is 31.8 Å². The standard InChI is InChI=1S/C14H9F5N2O2/c1-23-8-4-6(2-3-7(8)22)5-20-21-14-12(18)10(16)9(15)11(17)13(14)19/h2-5,21-22H,1H3/b20-5+. The number of nitrogens with one attached hydrogen (secondary N) is 1. The van der Waals surface area contributed by atoms with Crippen LogP contribution in [0.3, 0.4) is 0 Å². The SMILES string of the molecule is COc1cc(/C=N/Nc2c(F)c(F)c(F)c(F)c2F)ccc1O. The molecule has 0 aliphatic carbocycles. The average molecular weight is 332 g/mol. The van der Waals surface area contributed by atoms with Crippen LogP contribution in [0.1, 0.15) is 5.56 Å². The van der Waals surface area contributed by atoms with Gasteiger partial charge in [-0.25, -0.2) is 22.0 Å². The molecular formula is C14H9F5N2O2. The average Bonchev–Trinajstić information content (AvgIpc) is 2.55. The van der Waals surface area contributed by atoms with Crippen molar-refractivity contribution in [1.82, 2.24) is 0 Å². The number of phenolic OH excluding ortho intramolecular Hbond substituents is 1. The number of nitrogens with zero attached hydrogens (tertiary/aromatic N) is 1. The second-order valence-electron chi connectivity index (χ2n) is 4.25. The molecule has 0 amide bonds. The molecule has 4 nitrogen and oxygen atoms in total. The Hall–Kier alpha value is -2.84. The zero-order chi connectivity index (χ0) is 17.1. The van der Waals surface area contributed by atoms with Crippen LogP contribution in [-0.4, -0.2) is 18.4 Å². The molecule has 9 heteroatoms. The lowest BCUT2D eigenvalue weighted by Crippen LogP contribution is -2.06. The summed E-state index contributed by atoms with van der Waals surface area (Å²) in [6.45, 7) is 0. The molecule has 0 bridgehead atoms. The minimum atomic E-state index is -2.25. The highest BCUT2D eigenvalue weighted by atomic mass is 19.2. The van der Waals surface area contributed by atoms with Gasteiger partial charge < -0.3 is 9.84 Å². The molecule has 0 aliphatic rings. The second-order valence-corrected chi connectivity index (χ2v) is 4.25. The van der Waals surface area contributed by atoms with E-state index >= 15 is 0 Å². The van der Waals surface area contributed by atoms with Crippen LogP contribution in [0.15, 0.2) is 23.3 Å².